The minimum Gasteiger partial charge on any atom is -0.342 e. The summed E-state index contributed by atoms with van der Waals surface area (Å²) in [6, 6.07) is 14.6. The Balaban J connectivity index is 1.74. The molecule has 21 heavy (non-hydrogen) atoms. The Bertz CT molecular complexity index is 769. The van der Waals surface area contributed by atoms with Crippen molar-refractivity contribution in [1.29, 1.82) is 0 Å². The molecule has 1 spiro atoms. The van der Waals surface area contributed by atoms with Crippen molar-refractivity contribution in [3.63, 3.8) is 0 Å². The molecule has 2 atom stereocenters. The predicted molar refractivity (Wildman–Crippen MR) is 77.1 cm³/mol. The normalized spacial score (nSPS) is 25.6. The van der Waals surface area contributed by atoms with E-state index in [0.717, 1.165) is 16.8 Å². The molecule has 2 aromatic rings. The number of hydrogen-bond donors (Lipinski definition) is 1. The molecule has 0 radical (unpaired) electrons. The van der Waals surface area contributed by atoms with Gasteiger partial charge >= 0.3 is 0 Å². The molecule has 2 heterocycles. The van der Waals surface area contributed by atoms with Crippen LogP contribution in [0.3, 0.4) is 0 Å². The third-order valence-electron chi connectivity index (χ3n) is 4.07. The lowest BCUT2D eigenvalue weighted by atomic mass is 9.91. The van der Waals surface area contributed by atoms with Crippen LogP contribution < -0.4 is 5.32 Å². The Kier molecular flexibility index (Phi) is 2.35. The second kappa shape index (κ2) is 4.02. The van der Waals surface area contributed by atoms with E-state index in [1.54, 1.807) is 24.3 Å². The summed E-state index contributed by atoms with van der Waals surface area (Å²) in [6.07, 6.45) is -0.733. The Morgan fingerprint density at radius 1 is 1.19 bits per heavy atom. The Labute approximate surface area is 121 Å². The lowest BCUT2D eigenvalue weighted by molar-refractivity contribution is -0.120. The number of ketones is 1. The zero-order valence-corrected chi connectivity index (χ0v) is 11.4. The highest BCUT2D eigenvalue weighted by molar-refractivity contribution is 6.15. The lowest BCUT2D eigenvalue weighted by Gasteiger charge is -2.04. The molecular weight excluding hydrogens is 266 g/mol. The number of epoxide rings is 1. The average molecular weight is 279 g/mol. The van der Waals surface area contributed by atoms with Crippen LogP contribution in [0.4, 0.5) is 5.69 Å². The number of hydrogen-bond acceptors (Lipinski definition) is 3. The van der Waals surface area contributed by atoms with Crippen LogP contribution in [0, 0.1) is 6.92 Å². The van der Waals surface area contributed by atoms with E-state index in [-0.39, 0.29) is 11.7 Å². The molecule has 0 bridgehead atoms. The van der Waals surface area contributed by atoms with Crippen LogP contribution in [0.1, 0.15) is 21.5 Å². The van der Waals surface area contributed by atoms with Gasteiger partial charge in [0.05, 0.1) is 0 Å². The van der Waals surface area contributed by atoms with Gasteiger partial charge in [-0.25, -0.2) is 0 Å². The van der Waals surface area contributed by atoms with E-state index < -0.39 is 11.7 Å². The first-order valence-electron chi connectivity index (χ1n) is 6.82. The molecule has 0 aromatic heterocycles. The maximum absolute atomic E-state index is 12.5. The number of carbonyl (C=O) groups is 2. The molecule has 1 fully saturated rings. The smallest absolute Gasteiger partial charge is 0.264 e. The summed E-state index contributed by atoms with van der Waals surface area (Å²) in [7, 11) is 0. The van der Waals surface area contributed by atoms with Gasteiger partial charge in [-0.05, 0) is 13.0 Å². The summed E-state index contributed by atoms with van der Waals surface area (Å²) in [4.78, 5) is 24.8. The second-order valence-electron chi connectivity index (χ2n) is 5.47. The highest BCUT2D eigenvalue weighted by Gasteiger charge is 2.70. The number of nitrogens with one attached hydrogen (secondary N) is 1. The van der Waals surface area contributed by atoms with E-state index >= 15 is 0 Å². The molecule has 1 N–H and O–H groups in total. The van der Waals surface area contributed by atoms with Crippen molar-refractivity contribution in [2.75, 3.05) is 5.32 Å². The molecule has 2 aromatic carbocycles. The van der Waals surface area contributed by atoms with Gasteiger partial charge in [-0.1, -0.05) is 48.0 Å². The number of anilines is 1. The van der Waals surface area contributed by atoms with Gasteiger partial charge in [0.1, 0.15) is 0 Å². The van der Waals surface area contributed by atoms with Crippen molar-refractivity contribution in [1.82, 2.24) is 0 Å². The molecule has 1 amide bonds. The van der Waals surface area contributed by atoms with E-state index in [4.69, 9.17) is 4.74 Å². The number of rotatable bonds is 2. The van der Waals surface area contributed by atoms with Gasteiger partial charge < -0.3 is 10.1 Å². The number of carbonyl (C=O) groups excluding carboxylic acids is 2. The van der Waals surface area contributed by atoms with Crippen LogP contribution in [0.25, 0.3) is 0 Å². The minimum atomic E-state index is -1.13. The molecule has 0 saturated carbocycles. The molecule has 0 unspecified atom stereocenters. The predicted octanol–water partition coefficient (Wildman–Crippen LogP) is 2.42. The standard InChI is InChI=1S/C17H13NO3/c1-10-7-8-13-12(9-10)17(16(20)18-13)15(21-17)14(19)11-5-3-2-4-6-11/h2-9,15H,1H3,(H,18,20)/t15-,17+/m1/s1. The topological polar surface area (TPSA) is 58.7 Å². The maximum atomic E-state index is 12.5. The zero-order valence-electron chi connectivity index (χ0n) is 11.4. The Morgan fingerprint density at radius 3 is 2.71 bits per heavy atom. The summed E-state index contributed by atoms with van der Waals surface area (Å²) in [6.45, 7) is 1.95. The highest BCUT2D eigenvalue weighted by atomic mass is 16.6. The van der Waals surface area contributed by atoms with Gasteiger partial charge in [-0.15, -0.1) is 0 Å². The first kappa shape index (κ1) is 12.3. The van der Waals surface area contributed by atoms with E-state index in [2.05, 4.69) is 5.32 Å². The van der Waals surface area contributed by atoms with Crippen molar-refractivity contribution in [3.05, 3.63) is 65.2 Å². The van der Waals surface area contributed by atoms with Gasteiger partial charge in [0, 0.05) is 16.8 Å². The van der Waals surface area contributed by atoms with E-state index in [1.807, 2.05) is 31.2 Å². The molecule has 0 aliphatic carbocycles. The fourth-order valence-corrected chi connectivity index (χ4v) is 2.93. The van der Waals surface area contributed by atoms with Gasteiger partial charge in [0.2, 0.25) is 5.60 Å². The van der Waals surface area contributed by atoms with E-state index in [1.165, 1.54) is 0 Å². The first-order valence-corrected chi connectivity index (χ1v) is 6.82. The molecule has 104 valence electrons. The fraction of sp³-hybridized carbons (Fsp3) is 0.176. The largest absolute Gasteiger partial charge is 0.342 e. The zero-order chi connectivity index (χ0) is 14.6. The molecule has 4 heteroatoms. The second-order valence-corrected chi connectivity index (χ2v) is 5.47. The Hall–Kier alpha value is -2.46. The number of ether oxygens (including phenoxy) is 1. The third kappa shape index (κ3) is 1.59. The molecule has 1 saturated heterocycles. The van der Waals surface area contributed by atoms with Gasteiger partial charge in [-0.2, -0.15) is 0 Å². The fourth-order valence-electron chi connectivity index (χ4n) is 2.93. The molecule has 2 aliphatic rings. The average Bonchev–Trinajstić information content (AvgIpc) is 3.19. The summed E-state index contributed by atoms with van der Waals surface area (Å²) in [5, 5.41) is 2.80. The minimum absolute atomic E-state index is 0.153. The van der Waals surface area contributed by atoms with Crippen molar-refractivity contribution >= 4 is 17.4 Å². The van der Waals surface area contributed by atoms with Gasteiger partial charge in [0.15, 0.2) is 11.9 Å². The summed E-state index contributed by atoms with van der Waals surface area (Å²) in [5.74, 6) is -0.405. The van der Waals surface area contributed by atoms with Crippen molar-refractivity contribution in [2.45, 2.75) is 18.6 Å². The monoisotopic (exact) mass is 279 g/mol. The highest BCUT2D eigenvalue weighted by Crippen LogP contribution is 2.54. The molecule has 4 rings (SSSR count). The van der Waals surface area contributed by atoms with Gasteiger partial charge in [0.25, 0.3) is 5.91 Å². The van der Waals surface area contributed by atoms with Crippen LogP contribution in [0.5, 0.6) is 0 Å². The van der Waals surface area contributed by atoms with Gasteiger partial charge in [-0.3, -0.25) is 9.59 Å². The van der Waals surface area contributed by atoms with Crippen LogP contribution in [0.2, 0.25) is 0 Å². The first-order chi connectivity index (χ1) is 10.1. The summed E-state index contributed by atoms with van der Waals surface area (Å²) in [5.41, 5.74) is 1.96. The quantitative estimate of drug-likeness (QED) is 0.678. The molecule has 2 aliphatic heterocycles. The maximum Gasteiger partial charge on any atom is 0.264 e. The Morgan fingerprint density at radius 2 is 1.95 bits per heavy atom. The van der Waals surface area contributed by atoms with Crippen LogP contribution in [-0.2, 0) is 15.1 Å². The van der Waals surface area contributed by atoms with Crippen molar-refractivity contribution in [3.8, 4) is 0 Å². The van der Waals surface area contributed by atoms with E-state index in [0.29, 0.717) is 5.56 Å². The summed E-state index contributed by atoms with van der Waals surface area (Å²) >= 11 is 0. The molecular formula is C17H13NO3. The van der Waals surface area contributed by atoms with E-state index in [9.17, 15) is 9.59 Å². The lowest BCUT2D eigenvalue weighted by Crippen LogP contribution is -2.27. The number of amides is 1. The van der Waals surface area contributed by atoms with Crippen molar-refractivity contribution in [2.24, 2.45) is 0 Å². The number of benzene rings is 2. The van der Waals surface area contributed by atoms with Crippen LogP contribution in [0.15, 0.2) is 48.5 Å². The summed E-state index contributed by atoms with van der Waals surface area (Å²) < 4.78 is 5.61. The van der Waals surface area contributed by atoms with Crippen LogP contribution in [-0.4, -0.2) is 17.8 Å². The number of fused-ring (bicyclic) bond motifs is 2. The molecule has 4 nitrogen and oxygen atoms in total. The number of Topliss-reactive ketones (excluding diaryl/α,β-unsaturated/α-hetero) is 1. The third-order valence-corrected chi connectivity index (χ3v) is 4.07. The van der Waals surface area contributed by atoms with Crippen LogP contribution >= 0.6 is 0 Å². The van der Waals surface area contributed by atoms with Crippen molar-refractivity contribution < 1.29 is 14.3 Å². The number of aryl methyl sites for hydroxylation is 1. The SMILES string of the molecule is Cc1ccc2c(c1)[C@@]1(O[C@@H]1C(=O)c1ccccc1)C(=O)N2.